The average molecular weight is 437 g/mol. The average Bonchev–Trinajstić information content (AvgIpc) is 3.54. The van der Waals surface area contributed by atoms with Crippen molar-refractivity contribution in [2.24, 2.45) is 13.0 Å². The number of nitrogens with one attached hydrogen (secondary N) is 2. The van der Waals surface area contributed by atoms with E-state index in [9.17, 15) is 0 Å². The van der Waals surface area contributed by atoms with Crippen LogP contribution < -0.4 is 10.6 Å². The SMILES string of the molecule is Cn1ncc(-c2nc(N[C@H]3CC[C@@H](Nc4ccccc4)CC3)ncc2Cl)c1CC1CC1. The van der Waals surface area contributed by atoms with Crippen LogP contribution in [0.5, 0.6) is 0 Å². The van der Waals surface area contributed by atoms with Crippen LogP contribution in [0.4, 0.5) is 11.6 Å². The second-order valence-corrected chi connectivity index (χ2v) is 9.28. The molecule has 0 saturated heterocycles. The summed E-state index contributed by atoms with van der Waals surface area (Å²) in [5.41, 5.74) is 4.22. The van der Waals surface area contributed by atoms with Crippen LogP contribution in [0.15, 0.2) is 42.7 Å². The number of hydrogen-bond donors (Lipinski definition) is 2. The third-order valence-corrected chi connectivity index (χ3v) is 6.72. The largest absolute Gasteiger partial charge is 0.382 e. The highest BCUT2D eigenvalue weighted by Crippen LogP contribution is 2.37. The summed E-state index contributed by atoms with van der Waals surface area (Å²) in [6.45, 7) is 0. The van der Waals surface area contributed by atoms with Gasteiger partial charge in [-0.3, -0.25) is 4.68 Å². The summed E-state index contributed by atoms with van der Waals surface area (Å²) in [6.07, 6.45) is 11.7. The van der Waals surface area contributed by atoms with Gasteiger partial charge in [-0.15, -0.1) is 0 Å². The number of hydrogen-bond acceptors (Lipinski definition) is 5. The molecule has 3 aromatic rings. The van der Waals surface area contributed by atoms with E-state index in [4.69, 9.17) is 16.6 Å². The minimum Gasteiger partial charge on any atom is -0.382 e. The summed E-state index contributed by atoms with van der Waals surface area (Å²) < 4.78 is 1.96. The van der Waals surface area contributed by atoms with Gasteiger partial charge < -0.3 is 10.6 Å². The first-order valence-electron chi connectivity index (χ1n) is 11.3. The maximum Gasteiger partial charge on any atom is 0.223 e. The number of anilines is 2. The highest BCUT2D eigenvalue weighted by atomic mass is 35.5. The summed E-state index contributed by atoms with van der Waals surface area (Å²) in [7, 11) is 2.00. The van der Waals surface area contributed by atoms with Crippen molar-refractivity contribution in [2.75, 3.05) is 10.6 Å². The highest BCUT2D eigenvalue weighted by molar-refractivity contribution is 6.32. The third kappa shape index (κ3) is 4.85. The molecule has 0 aliphatic heterocycles. The lowest BCUT2D eigenvalue weighted by Gasteiger charge is -2.30. The van der Waals surface area contributed by atoms with E-state index in [0.29, 0.717) is 23.1 Å². The summed E-state index contributed by atoms with van der Waals surface area (Å²) in [5, 5.41) is 12.2. The molecule has 2 aliphatic rings. The molecule has 2 aliphatic carbocycles. The molecule has 2 heterocycles. The Hall–Kier alpha value is -2.60. The first-order chi connectivity index (χ1) is 15.2. The van der Waals surface area contributed by atoms with Gasteiger partial charge in [-0.25, -0.2) is 9.97 Å². The Balaban J connectivity index is 1.24. The minimum absolute atomic E-state index is 0.377. The number of aryl methyl sites for hydroxylation is 1. The standard InChI is InChI=1S/C24H29ClN6/c1-31-22(13-16-7-8-16)20(14-27-31)23-21(25)15-26-24(30-23)29-19-11-9-18(10-12-19)28-17-5-3-2-4-6-17/h2-6,14-16,18-19,28H,7-13H2,1H3,(H,26,29,30)/t18-,19+. The van der Waals surface area contributed by atoms with Gasteiger partial charge in [0.25, 0.3) is 0 Å². The number of aromatic nitrogens is 4. The van der Waals surface area contributed by atoms with Crippen LogP contribution in [0.25, 0.3) is 11.3 Å². The van der Waals surface area contributed by atoms with Gasteiger partial charge in [0, 0.05) is 36.1 Å². The molecule has 6 nitrogen and oxygen atoms in total. The Kier molecular flexibility index (Phi) is 5.81. The Morgan fingerprint density at radius 3 is 2.39 bits per heavy atom. The van der Waals surface area contributed by atoms with Crippen molar-refractivity contribution in [1.82, 2.24) is 19.7 Å². The fourth-order valence-electron chi connectivity index (χ4n) is 4.46. The molecule has 0 amide bonds. The van der Waals surface area contributed by atoms with Crippen molar-refractivity contribution in [3.8, 4) is 11.3 Å². The van der Waals surface area contributed by atoms with E-state index >= 15 is 0 Å². The van der Waals surface area contributed by atoms with Crippen molar-refractivity contribution < 1.29 is 0 Å². The van der Waals surface area contributed by atoms with Gasteiger partial charge in [-0.1, -0.05) is 29.8 Å². The highest BCUT2D eigenvalue weighted by Gasteiger charge is 2.26. The van der Waals surface area contributed by atoms with Gasteiger partial charge in [-0.05, 0) is 63.0 Å². The maximum absolute atomic E-state index is 6.50. The lowest BCUT2D eigenvalue weighted by atomic mass is 9.91. The van der Waals surface area contributed by atoms with Crippen molar-refractivity contribution >= 4 is 23.2 Å². The van der Waals surface area contributed by atoms with Crippen LogP contribution in [0, 0.1) is 5.92 Å². The molecule has 0 unspecified atom stereocenters. The van der Waals surface area contributed by atoms with Crippen LogP contribution in [0.3, 0.4) is 0 Å². The summed E-state index contributed by atoms with van der Waals surface area (Å²) in [4.78, 5) is 9.26. The van der Waals surface area contributed by atoms with Crippen LogP contribution in [-0.4, -0.2) is 31.8 Å². The van der Waals surface area contributed by atoms with E-state index < -0.39 is 0 Å². The molecule has 0 atom stereocenters. The van der Waals surface area contributed by atoms with Gasteiger partial charge >= 0.3 is 0 Å². The Bertz CT molecular complexity index is 1020. The molecule has 2 N–H and O–H groups in total. The van der Waals surface area contributed by atoms with Crippen LogP contribution in [0.2, 0.25) is 5.02 Å². The van der Waals surface area contributed by atoms with Crippen LogP contribution >= 0.6 is 11.6 Å². The molecular formula is C24H29ClN6. The fourth-order valence-corrected chi connectivity index (χ4v) is 4.65. The van der Waals surface area contributed by atoms with Gasteiger partial charge in [0.05, 0.1) is 23.1 Å². The zero-order valence-electron chi connectivity index (χ0n) is 17.9. The molecule has 7 heteroatoms. The van der Waals surface area contributed by atoms with E-state index in [-0.39, 0.29) is 0 Å². The molecule has 2 saturated carbocycles. The molecule has 0 radical (unpaired) electrons. The van der Waals surface area contributed by atoms with Gasteiger partial charge in [-0.2, -0.15) is 5.10 Å². The Labute approximate surface area is 188 Å². The van der Waals surface area contributed by atoms with Gasteiger partial charge in [0.1, 0.15) is 0 Å². The monoisotopic (exact) mass is 436 g/mol. The Morgan fingerprint density at radius 1 is 0.968 bits per heavy atom. The van der Waals surface area contributed by atoms with E-state index in [1.54, 1.807) is 6.20 Å². The van der Waals surface area contributed by atoms with E-state index in [0.717, 1.165) is 49.3 Å². The molecule has 2 aromatic heterocycles. The summed E-state index contributed by atoms with van der Waals surface area (Å²) in [5.74, 6) is 1.42. The smallest absolute Gasteiger partial charge is 0.223 e. The third-order valence-electron chi connectivity index (χ3n) is 6.44. The normalized spacial score (nSPS) is 21.1. The first kappa shape index (κ1) is 20.3. The quantitative estimate of drug-likeness (QED) is 0.524. The first-order valence-corrected chi connectivity index (χ1v) is 11.7. The number of benzene rings is 1. The zero-order valence-corrected chi connectivity index (χ0v) is 18.6. The molecule has 31 heavy (non-hydrogen) atoms. The van der Waals surface area contributed by atoms with E-state index in [1.807, 2.05) is 24.0 Å². The van der Waals surface area contributed by atoms with Gasteiger partial charge in [0.2, 0.25) is 5.95 Å². The number of nitrogens with zero attached hydrogens (tertiary/aromatic N) is 4. The van der Waals surface area contributed by atoms with Crippen LogP contribution in [0.1, 0.15) is 44.2 Å². The molecule has 162 valence electrons. The second-order valence-electron chi connectivity index (χ2n) is 8.87. The zero-order chi connectivity index (χ0) is 21.2. The molecular weight excluding hydrogens is 408 g/mol. The molecule has 1 aromatic carbocycles. The Morgan fingerprint density at radius 2 is 1.68 bits per heavy atom. The minimum atomic E-state index is 0.377. The van der Waals surface area contributed by atoms with E-state index in [2.05, 4.69) is 45.0 Å². The van der Waals surface area contributed by atoms with Crippen molar-refractivity contribution in [3.05, 3.63) is 53.4 Å². The fraction of sp³-hybridized carbons (Fsp3) is 0.458. The van der Waals surface area contributed by atoms with Crippen molar-refractivity contribution in [1.29, 1.82) is 0 Å². The second kappa shape index (κ2) is 8.87. The van der Waals surface area contributed by atoms with Gasteiger partial charge in [0.15, 0.2) is 0 Å². The van der Waals surface area contributed by atoms with Crippen LogP contribution in [-0.2, 0) is 13.5 Å². The molecule has 0 bridgehead atoms. The lowest BCUT2D eigenvalue weighted by Crippen LogP contribution is -2.32. The molecule has 0 spiro atoms. The topological polar surface area (TPSA) is 67.7 Å². The number of rotatable bonds is 7. The lowest BCUT2D eigenvalue weighted by molar-refractivity contribution is 0.427. The summed E-state index contributed by atoms with van der Waals surface area (Å²) >= 11 is 6.50. The molecule has 2 fully saturated rings. The predicted octanol–water partition coefficient (Wildman–Crippen LogP) is 5.32. The predicted molar refractivity (Wildman–Crippen MR) is 125 cm³/mol. The summed E-state index contributed by atoms with van der Waals surface area (Å²) in [6, 6.07) is 11.3. The number of halogens is 1. The maximum atomic E-state index is 6.50. The van der Waals surface area contributed by atoms with Crippen molar-refractivity contribution in [2.45, 2.75) is 57.0 Å². The number of para-hydroxylation sites is 1. The van der Waals surface area contributed by atoms with Crippen molar-refractivity contribution in [3.63, 3.8) is 0 Å². The van der Waals surface area contributed by atoms with E-state index in [1.165, 1.54) is 24.2 Å². The molecule has 5 rings (SSSR count).